The van der Waals surface area contributed by atoms with Gasteiger partial charge in [-0.15, -0.1) is 0 Å². The molecule has 0 atom stereocenters. The lowest BCUT2D eigenvalue weighted by atomic mass is 10.2. The first-order valence-electron chi connectivity index (χ1n) is 5.67. The summed E-state index contributed by atoms with van der Waals surface area (Å²) in [5.41, 5.74) is 2.19. The zero-order valence-corrected chi connectivity index (χ0v) is 9.89. The number of aromatic nitrogens is 1. The van der Waals surface area contributed by atoms with Crippen molar-refractivity contribution in [1.29, 1.82) is 0 Å². The maximum absolute atomic E-state index is 11.9. The highest BCUT2D eigenvalue weighted by atomic mass is 16.1. The fourth-order valence-electron chi connectivity index (χ4n) is 1.77. The van der Waals surface area contributed by atoms with Crippen molar-refractivity contribution in [3.63, 3.8) is 0 Å². The number of nitrogens with one attached hydrogen (secondary N) is 1. The fourth-order valence-corrected chi connectivity index (χ4v) is 1.77. The minimum absolute atomic E-state index is 0.0432. The Balaban J connectivity index is 2.20. The van der Waals surface area contributed by atoms with Gasteiger partial charge in [0.15, 0.2) is 0 Å². The third-order valence-electron chi connectivity index (χ3n) is 2.64. The molecule has 2 rings (SSSR count). The molecule has 0 unspecified atom stereocenters. The Bertz CT molecular complexity index is 531. The van der Waals surface area contributed by atoms with Gasteiger partial charge >= 0.3 is 0 Å². The maximum atomic E-state index is 11.9. The second-order valence-electron chi connectivity index (χ2n) is 4.02. The SMILES string of the molecule is CNCc1ccn(Cc2ccccc2)c(=O)c1. The van der Waals surface area contributed by atoms with Crippen LogP contribution in [0.2, 0.25) is 0 Å². The van der Waals surface area contributed by atoms with Crippen LogP contribution in [0.15, 0.2) is 53.5 Å². The zero-order valence-electron chi connectivity index (χ0n) is 9.89. The van der Waals surface area contributed by atoms with Crippen LogP contribution < -0.4 is 10.9 Å². The van der Waals surface area contributed by atoms with Gasteiger partial charge < -0.3 is 9.88 Å². The molecule has 0 saturated heterocycles. The molecule has 0 saturated carbocycles. The van der Waals surface area contributed by atoms with Crippen LogP contribution in [-0.2, 0) is 13.1 Å². The van der Waals surface area contributed by atoms with Gasteiger partial charge in [0.25, 0.3) is 5.56 Å². The minimum Gasteiger partial charge on any atom is -0.316 e. The number of hydrogen-bond donors (Lipinski definition) is 1. The van der Waals surface area contributed by atoms with Crippen molar-refractivity contribution < 1.29 is 0 Å². The van der Waals surface area contributed by atoms with Crippen molar-refractivity contribution >= 4 is 0 Å². The quantitative estimate of drug-likeness (QED) is 0.862. The summed E-state index contributed by atoms with van der Waals surface area (Å²) in [7, 11) is 1.87. The third-order valence-corrected chi connectivity index (χ3v) is 2.64. The van der Waals surface area contributed by atoms with E-state index in [9.17, 15) is 4.79 Å². The molecule has 3 nitrogen and oxygen atoms in total. The number of rotatable bonds is 4. The van der Waals surface area contributed by atoms with Gasteiger partial charge in [-0.05, 0) is 24.2 Å². The average Bonchev–Trinajstić information content (AvgIpc) is 2.34. The van der Waals surface area contributed by atoms with Gasteiger partial charge in [0, 0.05) is 18.8 Å². The third kappa shape index (κ3) is 3.04. The van der Waals surface area contributed by atoms with Gasteiger partial charge in [0.2, 0.25) is 0 Å². The van der Waals surface area contributed by atoms with E-state index in [-0.39, 0.29) is 5.56 Å². The highest BCUT2D eigenvalue weighted by Gasteiger charge is 1.99. The van der Waals surface area contributed by atoms with Crippen LogP contribution in [0.1, 0.15) is 11.1 Å². The predicted molar refractivity (Wildman–Crippen MR) is 69.0 cm³/mol. The molecule has 0 aliphatic rings. The lowest BCUT2D eigenvalue weighted by Gasteiger charge is -2.07. The first-order valence-corrected chi connectivity index (χ1v) is 5.67. The number of benzene rings is 1. The van der Waals surface area contributed by atoms with Crippen LogP contribution in [0, 0.1) is 0 Å². The molecule has 1 aromatic carbocycles. The van der Waals surface area contributed by atoms with Gasteiger partial charge in [0.05, 0.1) is 6.54 Å². The average molecular weight is 228 g/mol. The van der Waals surface area contributed by atoms with Crippen LogP contribution in [0.5, 0.6) is 0 Å². The van der Waals surface area contributed by atoms with Crippen LogP contribution in [0.4, 0.5) is 0 Å². The van der Waals surface area contributed by atoms with Crippen molar-refractivity contribution in [1.82, 2.24) is 9.88 Å². The Kier molecular flexibility index (Phi) is 3.73. The standard InChI is InChI=1S/C14H16N2O/c1-15-10-13-7-8-16(14(17)9-13)11-12-5-3-2-4-6-12/h2-9,15H,10-11H2,1H3. The molecule has 0 aliphatic carbocycles. The number of pyridine rings is 1. The molecule has 0 aliphatic heterocycles. The Labute approximate surface area is 101 Å². The van der Waals surface area contributed by atoms with E-state index in [0.717, 1.165) is 17.7 Å². The van der Waals surface area contributed by atoms with E-state index in [1.165, 1.54) is 0 Å². The molecule has 0 radical (unpaired) electrons. The molecule has 1 aromatic heterocycles. The number of hydrogen-bond acceptors (Lipinski definition) is 2. The lowest BCUT2D eigenvalue weighted by molar-refractivity contribution is 0.743. The van der Waals surface area contributed by atoms with Gasteiger partial charge in [-0.3, -0.25) is 4.79 Å². The lowest BCUT2D eigenvalue weighted by Crippen LogP contribution is -2.20. The fraction of sp³-hybridized carbons (Fsp3) is 0.214. The molecule has 1 N–H and O–H groups in total. The topological polar surface area (TPSA) is 34.0 Å². The van der Waals surface area contributed by atoms with E-state index in [4.69, 9.17) is 0 Å². The Morgan fingerprint density at radius 2 is 1.88 bits per heavy atom. The van der Waals surface area contributed by atoms with Gasteiger partial charge in [0.1, 0.15) is 0 Å². The molecule has 3 heteroatoms. The van der Waals surface area contributed by atoms with Crippen molar-refractivity contribution in [2.24, 2.45) is 0 Å². The second-order valence-corrected chi connectivity index (χ2v) is 4.02. The van der Waals surface area contributed by atoms with E-state index < -0.39 is 0 Å². The summed E-state index contributed by atoms with van der Waals surface area (Å²) in [5.74, 6) is 0. The highest BCUT2D eigenvalue weighted by molar-refractivity contribution is 5.17. The molecule has 0 fully saturated rings. The maximum Gasteiger partial charge on any atom is 0.251 e. The van der Waals surface area contributed by atoms with Gasteiger partial charge in [-0.2, -0.15) is 0 Å². The summed E-state index contributed by atoms with van der Waals surface area (Å²) in [6.45, 7) is 1.35. The molecule has 1 heterocycles. The van der Waals surface area contributed by atoms with E-state index in [2.05, 4.69) is 5.32 Å². The van der Waals surface area contributed by atoms with Gasteiger partial charge in [-0.25, -0.2) is 0 Å². The highest BCUT2D eigenvalue weighted by Crippen LogP contribution is 2.01. The van der Waals surface area contributed by atoms with Crippen molar-refractivity contribution in [2.75, 3.05) is 7.05 Å². The number of nitrogens with zero attached hydrogens (tertiary/aromatic N) is 1. The van der Waals surface area contributed by atoms with Crippen molar-refractivity contribution in [3.05, 3.63) is 70.1 Å². The summed E-state index contributed by atoms with van der Waals surface area (Å²) in [4.78, 5) is 11.9. The van der Waals surface area contributed by atoms with E-state index in [0.29, 0.717) is 6.54 Å². The molecule has 17 heavy (non-hydrogen) atoms. The summed E-state index contributed by atoms with van der Waals surface area (Å²) >= 11 is 0. The molecule has 0 bridgehead atoms. The Morgan fingerprint density at radius 3 is 2.53 bits per heavy atom. The summed E-state index contributed by atoms with van der Waals surface area (Å²) in [6.07, 6.45) is 1.85. The second kappa shape index (κ2) is 5.46. The largest absolute Gasteiger partial charge is 0.316 e. The van der Waals surface area contributed by atoms with E-state index >= 15 is 0 Å². The Morgan fingerprint density at radius 1 is 1.12 bits per heavy atom. The molecule has 0 spiro atoms. The van der Waals surface area contributed by atoms with Crippen LogP contribution in [-0.4, -0.2) is 11.6 Å². The molecular weight excluding hydrogens is 212 g/mol. The van der Waals surface area contributed by atoms with Crippen molar-refractivity contribution in [3.8, 4) is 0 Å². The van der Waals surface area contributed by atoms with Crippen LogP contribution in [0.25, 0.3) is 0 Å². The first-order chi connectivity index (χ1) is 8.29. The smallest absolute Gasteiger partial charge is 0.251 e. The zero-order chi connectivity index (χ0) is 12.1. The van der Waals surface area contributed by atoms with Crippen LogP contribution in [0.3, 0.4) is 0 Å². The monoisotopic (exact) mass is 228 g/mol. The Hall–Kier alpha value is -1.87. The molecule has 0 amide bonds. The predicted octanol–water partition coefficient (Wildman–Crippen LogP) is 1.62. The minimum atomic E-state index is 0.0432. The van der Waals surface area contributed by atoms with Gasteiger partial charge in [-0.1, -0.05) is 30.3 Å². The van der Waals surface area contributed by atoms with Crippen molar-refractivity contribution in [2.45, 2.75) is 13.1 Å². The molecule has 88 valence electrons. The van der Waals surface area contributed by atoms with Crippen LogP contribution >= 0.6 is 0 Å². The molecular formula is C14H16N2O. The molecule has 2 aromatic rings. The van der Waals surface area contributed by atoms with E-state index in [1.807, 2.05) is 49.6 Å². The normalized spacial score (nSPS) is 10.4. The summed E-state index contributed by atoms with van der Waals surface area (Å²) in [6, 6.07) is 13.6. The van der Waals surface area contributed by atoms with E-state index in [1.54, 1.807) is 10.6 Å². The summed E-state index contributed by atoms with van der Waals surface area (Å²) < 4.78 is 1.72. The first kappa shape index (κ1) is 11.6. The summed E-state index contributed by atoms with van der Waals surface area (Å²) in [5, 5.41) is 3.03.